The van der Waals surface area contributed by atoms with Crippen LogP contribution in [0.3, 0.4) is 0 Å². The van der Waals surface area contributed by atoms with E-state index in [1.54, 1.807) is 0 Å². The Bertz CT molecular complexity index is 602. The Kier molecular flexibility index (Phi) is 3.67. The van der Waals surface area contributed by atoms with Crippen LogP contribution >= 0.6 is 0 Å². The number of nitrogens with one attached hydrogen (secondary N) is 1. The molecule has 0 bridgehead atoms. The first-order valence-electron chi connectivity index (χ1n) is 7.42. The van der Waals surface area contributed by atoms with E-state index in [-0.39, 0.29) is 0 Å². The van der Waals surface area contributed by atoms with E-state index in [0.717, 1.165) is 43.1 Å². The van der Waals surface area contributed by atoms with Gasteiger partial charge in [0.1, 0.15) is 11.6 Å². The van der Waals surface area contributed by atoms with Crippen molar-refractivity contribution >= 4 is 11.5 Å². The number of rotatable bonds is 4. The van der Waals surface area contributed by atoms with Crippen LogP contribution in [-0.4, -0.2) is 19.7 Å². The molecule has 0 spiro atoms. The summed E-state index contributed by atoms with van der Waals surface area (Å²) in [5.41, 5.74) is 3.50. The van der Waals surface area contributed by atoms with E-state index in [0.29, 0.717) is 0 Å². The lowest BCUT2D eigenvalue weighted by Gasteiger charge is -2.18. The van der Waals surface area contributed by atoms with Crippen molar-refractivity contribution in [2.75, 3.05) is 5.32 Å². The standard InChI is InChI=1S/C15H21N5/c1-3-8-20-10-12(9-16-20)19-15-13-6-4-5-7-14(13)17-11(2)18-15/h9-10H,3-8H2,1-2H3,(H,17,18,19). The highest BCUT2D eigenvalue weighted by Crippen LogP contribution is 2.27. The van der Waals surface area contributed by atoms with E-state index in [2.05, 4.69) is 27.3 Å². The number of anilines is 2. The van der Waals surface area contributed by atoms with Crippen LogP contribution in [0.25, 0.3) is 0 Å². The summed E-state index contributed by atoms with van der Waals surface area (Å²) in [4.78, 5) is 9.16. The molecule has 0 unspecified atom stereocenters. The van der Waals surface area contributed by atoms with E-state index in [1.807, 2.05) is 24.0 Å². The van der Waals surface area contributed by atoms with Crippen molar-refractivity contribution in [3.63, 3.8) is 0 Å². The molecule has 5 nitrogen and oxygen atoms in total. The molecule has 0 saturated heterocycles. The number of aromatic nitrogens is 4. The first kappa shape index (κ1) is 13.1. The molecule has 0 aromatic carbocycles. The van der Waals surface area contributed by atoms with Crippen LogP contribution in [0, 0.1) is 6.92 Å². The van der Waals surface area contributed by atoms with Gasteiger partial charge in [-0.05, 0) is 39.0 Å². The van der Waals surface area contributed by atoms with E-state index < -0.39 is 0 Å². The smallest absolute Gasteiger partial charge is 0.137 e. The molecule has 1 aliphatic carbocycles. The average molecular weight is 271 g/mol. The third kappa shape index (κ3) is 2.66. The number of aryl methyl sites for hydroxylation is 3. The maximum atomic E-state index is 4.58. The fourth-order valence-corrected chi connectivity index (χ4v) is 2.74. The van der Waals surface area contributed by atoms with E-state index in [1.165, 1.54) is 24.1 Å². The molecule has 0 aliphatic heterocycles. The Labute approximate surface area is 119 Å². The van der Waals surface area contributed by atoms with Gasteiger partial charge in [0.2, 0.25) is 0 Å². The van der Waals surface area contributed by atoms with Crippen molar-refractivity contribution in [2.24, 2.45) is 0 Å². The first-order chi connectivity index (χ1) is 9.76. The zero-order valence-electron chi connectivity index (χ0n) is 12.2. The quantitative estimate of drug-likeness (QED) is 0.928. The Balaban J connectivity index is 1.87. The second-order valence-electron chi connectivity index (χ2n) is 5.37. The second-order valence-corrected chi connectivity index (χ2v) is 5.37. The summed E-state index contributed by atoms with van der Waals surface area (Å²) in [5, 5.41) is 7.76. The van der Waals surface area contributed by atoms with Crippen molar-refractivity contribution in [3.05, 3.63) is 29.5 Å². The van der Waals surface area contributed by atoms with Gasteiger partial charge < -0.3 is 5.32 Å². The fourth-order valence-electron chi connectivity index (χ4n) is 2.74. The molecule has 0 fully saturated rings. The van der Waals surface area contributed by atoms with Gasteiger partial charge in [-0.2, -0.15) is 5.10 Å². The van der Waals surface area contributed by atoms with Gasteiger partial charge >= 0.3 is 0 Å². The predicted molar refractivity (Wildman–Crippen MR) is 79.2 cm³/mol. The van der Waals surface area contributed by atoms with Crippen LogP contribution in [0.5, 0.6) is 0 Å². The third-order valence-electron chi connectivity index (χ3n) is 3.64. The highest BCUT2D eigenvalue weighted by atomic mass is 15.3. The fraction of sp³-hybridized carbons (Fsp3) is 0.533. The average Bonchev–Trinajstić information content (AvgIpc) is 2.86. The Morgan fingerprint density at radius 2 is 2.10 bits per heavy atom. The third-order valence-corrected chi connectivity index (χ3v) is 3.64. The van der Waals surface area contributed by atoms with Crippen molar-refractivity contribution in [1.82, 2.24) is 19.7 Å². The SMILES string of the molecule is CCCn1cc(Nc2nc(C)nc3c2CCCC3)cn1. The van der Waals surface area contributed by atoms with Crippen LogP contribution in [-0.2, 0) is 19.4 Å². The van der Waals surface area contributed by atoms with Crippen LogP contribution in [0.1, 0.15) is 43.3 Å². The van der Waals surface area contributed by atoms with Gasteiger partial charge in [0.15, 0.2) is 0 Å². The number of hydrogen-bond acceptors (Lipinski definition) is 4. The van der Waals surface area contributed by atoms with Crippen molar-refractivity contribution in [1.29, 1.82) is 0 Å². The number of hydrogen-bond donors (Lipinski definition) is 1. The molecule has 2 heterocycles. The van der Waals surface area contributed by atoms with Crippen molar-refractivity contribution in [2.45, 2.75) is 52.5 Å². The van der Waals surface area contributed by atoms with Crippen molar-refractivity contribution in [3.8, 4) is 0 Å². The van der Waals surface area contributed by atoms with Gasteiger partial charge in [0.05, 0.1) is 11.9 Å². The molecule has 106 valence electrons. The van der Waals surface area contributed by atoms with Gasteiger partial charge in [-0.3, -0.25) is 4.68 Å². The van der Waals surface area contributed by atoms with Crippen LogP contribution < -0.4 is 5.32 Å². The molecule has 0 atom stereocenters. The van der Waals surface area contributed by atoms with E-state index in [9.17, 15) is 0 Å². The molecular weight excluding hydrogens is 250 g/mol. The van der Waals surface area contributed by atoms with Crippen LogP contribution in [0.15, 0.2) is 12.4 Å². The van der Waals surface area contributed by atoms with Gasteiger partial charge in [0.25, 0.3) is 0 Å². The molecule has 1 N–H and O–H groups in total. The van der Waals surface area contributed by atoms with Crippen molar-refractivity contribution < 1.29 is 0 Å². The minimum Gasteiger partial charge on any atom is -0.337 e. The summed E-state index contributed by atoms with van der Waals surface area (Å²) in [6, 6.07) is 0. The minimum atomic E-state index is 0.842. The molecule has 0 amide bonds. The highest BCUT2D eigenvalue weighted by Gasteiger charge is 2.17. The zero-order valence-corrected chi connectivity index (χ0v) is 12.2. The largest absolute Gasteiger partial charge is 0.337 e. The Morgan fingerprint density at radius 3 is 2.95 bits per heavy atom. The summed E-state index contributed by atoms with van der Waals surface area (Å²) in [7, 11) is 0. The molecule has 1 aliphatic rings. The van der Waals surface area contributed by atoms with E-state index in [4.69, 9.17) is 0 Å². The zero-order chi connectivity index (χ0) is 13.9. The number of nitrogens with zero attached hydrogens (tertiary/aromatic N) is 4. The molecule has 0 saturated carbocycles. The maximum absolute atomic E-state index is 4.58. The lowest BCUT2D eigenvalue weighted by molar-refractivity contribution is 0.603. The van der Waals surface area contributed by atoms with Crippen LogP contribution in [0.2, 0.25) is 0 Å². The van der Waals surface area contributed by atoms with Gasteiger partial charge in [-0.15, -0.1) is 0 Å². The summed E-state index contributed by atoms with van der Waals surface area (Å²) in [6.45, 7) is 5.06. The van der Waals surface area contributed by atoms with Gasteiger partial charge in [0, 0.05) is 24.0 Å². The van der Waals surface area contributed by atoms with Gasteiger partial charge in [-0.1, -0.05) is 6.92 Å². The maximum Gasteiger partial charge on any atom is 0.137 e. The molecule has 2 aromatic rings. The lowest BCUT2D eigenvalue weighted by atomic mass is 9.96. The molecule has 20 heavy (non-hydrogen) atoms. The predicted octanol–water partition coefficient (Wildman–Crippen LogP) is 3.01. The normalized spacial score (nSPS) is 14.1. The monoisotopic (exact) mass is 271 g/mol. The highest BCUT2D eigenvalue weighted by molar-refractivity contribution is 5.59. The topological polar surface area (TPSA) is 55.6 Å². The molecular formula is C15H21N5. The summed E-state index contributed by atoms with van der Waals surface area (Å²) in [5.74, 6) is 1.80. The second kappa shape index (κ2) is 5.61. The van der Waals surface area contributed by atoms with E-state index >= 15 is 0 Å². The number of fused-ring (bicyclic) bond motifs is 1. The molecule has 3 rings (SSSR count). The molecule has 0 radical (unpaired) electrons. The minimum absolute atomic E-state index is 0.842. The summed E-state index contributed by atoms with van der Waals surface area (Å²) in [6.07, 6.45) is 9.59. The summed E-state index contributed by atoms with van der Waals surface area (Å²) >= 11 is 0. The lowest BCUT2D eigenvalue weighted by Crippen LogP contribution is -2.11. The van der Waals surface area contributed by atoms with Gasteiger partial charge in [-0.25, -0.2) is 9.97 Å². The first-order valence-corrected chi connectivity index (χ1v) is 7.42. The molecule has 2 aromatic heterocycles. The Morgan fingerprint density at radius 1 is 1.25 bits per heavy atom. The Hall–Kier alpha value is -1.91. The summed E-state index contributed by atoms with van der Waals surface area (Å²) < 4.78 is 1.96. The molecule has 5 heteroatoms. The van der Waals surface area contributed by atoms with Crippen LogP contribution in [0.4, 0.5) is 11.5 Å².